The summed E-state index contributed by atoms with van der Waals surface area (Å²) >= 11 is 0. The summed E-state index contributed by atoms with van der Waals surface area (Å²) in [5.41, 5.74) is -0.464. The summed E-state index contributed by atoms with van der Waals surface area (Å²) in [6.45, 7) is 9.79. The molecule has 4 nitrogen and oxygen atoms in total. The number of hydrogen-bond acceptors (Lipinski definition) is 3. The van der Waals surface area contributed by atoms with Gasteiger partial charge in [0.15, 0.2) is 0 Å². The molecule has 17 heavy (non-hydrogen) atoms. The number of hydrogen-bond donors (Lipinski definition) is 0. The molecule has 1 aliphatic rings. The monoisotopic (exact) mass is 241 g/mol. The molecule has 1 heterocycles. The number of amides is 1. The summed E-state index contributed by atoms with van der Waals surface area (Å²) in [4.78, 5) is 25.0. The number of ketones is 1. The van der Waals surface area contributed by atoms with E-state index in [1.165, 1.54) is 0 Å². The van der Waals surface area contributed by atoms with Crippen LogP contribution in [0.25, 0.3) is 0 Å². The van der Waals surface area contributed by atoms with E-state index >= 15 is 0 Å². The fourth-order valence-electron chi connectivity index (χ4n) is 2.13. The van der Waals surface area contributed by atoms with E-state index in [-0.39, 0.29) is 23.8 Å². The Morgan fingerprint density at radius 1 is 1.29 bits per heavy atom. The molecule has 1 amide bonds. The van der Waals surface area contributed by atoms with E-state index in [2.05, 4.69) is 0 Å². The lowest BCUT2D eigenvalue weighted by molar-refractivity contribution is -0.122. The second kappa shape index (κ2) is 5.07. The zero-order valence-electron chi connectivity index (χ0n) is 11.4. The van der Waals surface area contributed by atoms with E-state index < -0.39 is 5.60 Å². The Morgan fingerprint density at radius 3 is 2.29 bits per heavy atom. The van der Waals surface area contributed by atoms with Crippen molar-refractivity contribution in [2.24, 2.45) is 5.92 Å². The fourth-order valence-corrected chi connectivity index (χ4v) is 2.13. The Bertz CT molecular complexity index is 306. The van der Waals surface area contributed by atoms with Gasteiger partial charge in [-0.1, -0.05) is 0 Å². The van der Waals surface area contributed by atoms with Gasteiger partial charge < -0.3 is 9.64 Å². The lowest BCUT2D eigenvalue weighted by Gasteiger charge is -2.37. The predicted octanol–water partition coefficient (Wildman–Crippen LogP) is 2.61. The van der Waals surface area contributed by atoms with Crippen molar-refractivity contribution < 1.29 is 14.3 Å². The second-order valence-electron chi connectivity index (χ2n) is 5.85. The number of nitrogens with zero attached hydrogens (tertiary/aromatic N) is 1. The third kappa shape index (κ3) is 4.02. The van der Waals surface area contributed by atoms with Crippen LogP contribution in [0.5, 0.6) is 0 Å². The van der Waals surface area contributed by atoms with Crippen molar-refractivity contribution in [1.82, 2.24) is 4.90 Å². The first-order valence-electron chi connectivity index (χ1n) is 6.21. The molecule has 0 saturated carbocycles. The smallest absolute Gasteiger partial charge is 0.410 e. The molecule has 1 fully saturated rings. The van der Waals surface area contributed by atoms with Gasteiger partial charge in [-0.05, 0) is 47.5 Å². The van der Waals surface area contributed by atoms with Crippen LogP contribution in [-0.2, 0) is 9.53 Å². The molecule has 1 rings (SSSR count). The first-order chi connectivity index (χ1) is 7.70. The highest BCUT2D eigenvalue weighted by Gasteiger charge is 2.33. The molecule has 1 aliphatic heterocycles. The third-order valence-electron chi connectivity index (χ3n) is 3.08. The molecule has 2 unspecified atom stereocenters. The molecule has 0 aliphatic carbocycles. The quantitative estimate of drug-likeness (QED) is 0.709. The topological polar surface area (TPSA) is 46.6 Å². The van der Waals surface area contributed by atoms with Gasteiger partial charge in [-0.15, -0.1) is 0 Å². The summed E-state index contributed by atoms with van der Waals surface area (Å²) in [5, 5.41) is 0. The van der Waals surface area contributed by atoms with Gasteiger partial charge in [-0.3, -0.25) is 4.79 Å². The number of rotatable bonds is 1. The summed E-state index contributed by atoms with van der Waals surface area (Å²) in [6.07, 6.45) is 1.22. The zero-order valence-corrected chi connectivity index (χ0v) is 11.4. The third-order valence-corrected chi connectivity index (χ3v) is 3.08. The number of carbonyl (C=O) groups is 2. The van der Waals surface area contributed by atoms with Crippen LogP contribution in [0.15, 0.2) is 0 Å². The SMILES string of the molecule is CC(=O)C1CCN(C(=O)OC(C)(C)C)C(C)C1. The number of likely N-dealkylation sites (tertiary alicyclic amines) is 1. The number of ether oxygens (including phenoxy) is 1. The molecule has 0 radical (unpaired) electrons. The predicted molar refractivity (Wildman–Crippen MR) is 65.8 cm³/mol. The van der Waals surface area contributed by atoms with Crippen LogP contribution in [0.1, 0.15) is 47.5 Å². The van der Waals surface area contributed by atoms with Crippen LogP contribution in [0, 0.1) is 5.92 Å². The summed E-state index contributed by atoms with van der Waals surface area (Å²) in [7, 11) is 0. The van der Waals surface area contributed by atoms with E-state index in [1.54, 1.807) is 11.8 Å². The van der Waals surface area contributed by atoms with Crippen molar-refractivity contribution in [2.45, 2.75) is 59.1 Å². The molecular weight excluding hydrogens is 218 g/mol. The molecule has 0 spiro atoms. The maximum atomic E-state index is 11.9. The number of piperidine rings is 1. The minimum Gasteiger partial charge on any atom is -0.444 e. The second-order valence-corrected chi connectivity index (χ2v) is 5.85. The van der Waals surface area contributed by atoms with Crippen molar-refractivity contribution in [3.05, 3.63) is 0 Å². The van der Waals surface area contributed by atoms with E-state index in [0.717, 1.165) is 12.8 Å². The molecule has 0 N–H and O–H groups in total. The molecule has 4 heteroatoms. The maximum absolute atomic E-state index is 11.9. The molecule has 1 saturated heterocycles. The van der Waals surface area contributed by atoms with E-state index in [4.69, 9.17) is 4.74 Å². The standard InChI is InChI=1S/C13H23NO3/c1-9-8-11(10(2)15)6-7-14(9)12(16)17-13(3,4)5/h9,11H,6-8H2,1-5H3. The maximum Gasteiger partial charge on any atom is 0.410 e. The van der Waals surface area contributed by atoms with Gasteiger partial charge in [0.05, 0.1) is 0 Å². The number of carbonyl (C=O) groups excluding carboxylic acids is 2. The largest absolute Gasteiger partial charge is 0.444 e. The van der Waals surface area contributed by atoms with Crippen molar-refractivity contribution in [3.63, 3.8) is 0 Å². The van der Waals surface area contributed by atoms with Gasteiger partial charge in [0.2, 0.25) is 0 Å². The summed E-state index contributed by atoms with van der Waals surface area (Å²) in [6, 6.07) is 0.0764. The molecule has 0 bridgehead atoms. The molecule has 2 atom stereocenters. The highest BCUT2D eigenvalue weighted by Crippen LogP contribution is 2.25. The van der Waals surface area contributed by atoms with Crippen molar-refractivity contribution in [3.8, 4) is 0 Å². The van der Waals surface area contributed by atoms with E-state index in [1.807, 2.05) is 27.7 Å². The Morgan fingerprint density at radius 2 is 1.88 bits per heavy atom. The van der Waals surface area contributed by atoms with Crippen LogP contribution in [0.4, 0.5) is 4.79 Å². The van der Waals surface area contributed by atoms with Gasteiger partial charge in [-0.25, -0.2) is 4.79 Å². The van der Waals surface area contributed by atoms with E-state index in [0.29, 0.717) is 6.54 Å². The van der Waals surface area contributed by atoms with Crippen LogP contribution in [0.3, 0.4) is 0 Å². The van der Waals surface area contributed by atoms with Gasteiger partial charge in [0.25, 0.3) is 0 Å². The molecule has 98 valence electrons. The van der Waals surface area contributed by atoms with Crippen molar-refractivity contribution in [1.29, 1.82) is 0 Å². The van der Waals surface area contributed by atoms with Gasteiger partial charge >= 0.3 is 6.09 Å². The summed E-state index contributed by atoms with van der Waals surface area (Å²) < 4.78 is 5.35. The van der Waals surface area contributed by atoms with E-state index in [9.17, 15) is 9.59 Å². The van der Waals surface area contributed by atoms with Gasteiger partial charge in [-0.2, -0.15) is 0 Å². The zero-order chi connectivity index (χ0) is 13.2. The molecule has 0 aromatic rings. The molecular formula is C13H23NO3. The lowest BCUT2D eigenvalue weighted by Crippen LogP contribution is -2.47. The Labute approximate surface area is 103 Å². The van der Waals surface area contributed by atoms with Crippen molar-refractivity contribution in [2.75, 3.05) is 6.54 Å². The molecule has 0 aromatic heterocycles. The lowest BCUT2D eigenvalue weighted by atomic mass is 9.89. The van der Waals surface area contributed by atoms with Crippen LogP contribution < -0.4 is 0 Å². The average molecular weight is 241 g/mol. The van der Waals surface area contributed by atoms with Crippen LogP contribution >= 0.6 is 0 Å². The summed E-state index contributed by atoms with van der Waals surface area (Å²) in [5.74, 6) is 0.323. The van der Waals surface area contributed by atoms with Gasteiger partial charge in [0, 0.05) is 18.5 Å². The minimum absolute atomic E-state index is 0.0764. The highest BCUT2D eigenvalue weighted by atomic mass is 16.6. The molecule has 0 aromatic carbocycles. The normalized spacial score (nSPS) is 25.6. The Hall–Kier alpha value is -1.06. The Kier molecular flexibility index (Phi) is 4.17. The average Bonchev–Trinajstić information content (AvgIpc) is 2.14. The Balaban J connectivity index is 2.58. The van der Waals surface area contributed by atoms with Crippen molar-refractivity contribution >= 4 is 11.9 Å². The number of Topliss-reactive ketones (excluding diaryl/α,β-unsaturated/α-hetero) is 1. The minimum atomic E-state index is -0.464. The van der Waals surface area contributed by atoms with Crippen LogP contribution in [0.2, 0.25) is 0 Å². The van der Waals surface area contributed by atoms with Gasteiger partial charge in [0.1, 0.15) is 11.4 Å². The fraction of sp³-hybridized carbons (Fsp3) is 0.846. The highest BCUT2D eigenvalue weighted by molar-refractivity contribution is 5.79. The van der Waals surface area contributed by atoms with Crippen LogP contribution in [-0.4, -0.2) is 35.0 Å². The first kappa shape index (κ1) is 14.0. The first-order valence-corrected chi connectivity index (χ1v) is 6.21.